The highest BCUT2D eigenvalue weighted by atomic mass is 32.3. The van der Waals surface area contributed by atoms with Crippen LogP contribution in [0.1, 0.15) is 239 Å². The number of hydrogen-bond acceptors (Lipinski definition) is 10. The smallest absolute Gasteiger partial charge is 0.394 e. The zero-order chi connectivity index (χ0) is 46.9. The number of carbonyl (C=O) groups is 1. The van der Waals surface area contributed by atoms with Gasteiger partial charge in [0.05, 0.1) is 25.4 Å². The van der Waals surface area contributed by atoms with E-state index in [-0.39, 0.29) is 18.9 Å². The van der Waals surface area contributed by atoms with Crippen LogP contribution in [0.4, 0.5) is 0 Å². The van der Waals surface area contributed by atoms with Crippen LogP contribution in [0, 0.1) is 0 Å². The Balaban J connectivity index is 2.42. The Morgan fingerprint density at radius 3 is 1.48 bits per heavy atom. The van der Waals surface area contributed by atoms with Gasteiger partial charge in [-0.15, -0.1) is 0 Å². The Morgan fingerprint density at radius 2 is 1.03 bits per heavy atom. The van der Waals surface area contributed by atoms with Crippen LogP contribution in [0.5, 0.6) is 0 Å². The molecular formula is C51H97NO11S. The van der Waals surface area contributed by atoms with Crippen molar-refractivity contribution in [3.05, 3.63) is 24.3 Å². The SMILES string of the molecule is CCCCC/C=C\C=C/CCCCCCCCCCCCC(=O)NC(COC1OC(CO)C(O)C(OS(=O)(=O)O)C1O)C(O)CCCCCCCCCCCCCCCCCCCC. The number of aliphatic hydroxyl groups excluding tert-OH is 4. The van der Waals surface area contributed by atoms with E-state index in [2.05, 4.69) is 47.7 Å². The third-order valence-corrected chi connectivity index (χ3v) is 13.0. The first-order valence-electron chi connectivity index (χ1n) is 26.2. The summed E-state index contributed by atoms with van der Waals surface area (Å²) in [6, 6.07) is -0.859. The third kappa shape index (κ3) is 34.0. The quantitative estimate of drug-likeness (QED) is 0.0193. The van der Waals surface area contributed by atoms with Crippen LogP contribution in [0.3, 0.4) is 0 Å². The maximum absolute atomic E-state index is 13.1. The molecule has 6 N–H and O–H groups in total. The molecule has 7 unspecified atom stereocenters. The number of amides is 1. The Labute approximate surface area is 391 Å². The molecular weight excluding hydrogens is 835 g/mol. The minimum absolute atomic E-state index is 0.232. The summed E-state index contributed by atoms with van der Waals surface area (Å²) in [5.41, 5.74) is 0. The van der Waals surface area contributed by atoms with E-state index < -0.39 is 59.9 Å². The second kappa shape index (κ2) is 41.7. The molecule has 1 heterocycles. The van der Waals surface area contributed by atoms with Crippen molar-refractivity contribution in [3.63, 3.8) is 0 Å². The van der Waals surface area contributed by atoms with E-state index in [0.717, 1.165) is 51.4 Å². The van der Waals surface area contributed by atoms with E-state index in [0.29, 0.717) is 12.8 Å². The van der Waals surface area contributed by atoms with Crippen LogP contribution in [-0.4, -0.2) is 95.4 Å². The van der Waals surface area contributed by atoms with E-state index in [1.54, 1.807) is 0 Å². The average Bonchev–Trinajstić information content (AvgIpc) is 3.27. The number of allylic oxidation sites excluding steroid dienone is 4. The van der Waals surface area contributed by atoms with Crippen LogP contribution < -0.4 is 5.32 Å². The molecule has 378 valence electrons. The fourth-order valence-corrected chi connectivity index (χ4v) is 8.96. The van der Waals surface area contributed by atoms with Gasteiger partial charge in [0.15, 0.2) is 6.29 Å². The van der Waals surface area contributed by atoms with E-state index in [9.17, 15) is 38.2 Å². The van der Waals surface area contributed by atoms with Gasteiger partial charge in [0.2, 0.25) is 5.91 Å². The van der Waals surface area contributed by atoms with Crippen molar-refractivity contribution in [3.8, 4) is 0 Å². The van der Waals surface area contributed by atoms with Gasteiger partial charge >= 0.3 is 10.4 Å². The zero-order valence-electron chi connectivity index (χ0n) is 40.6. The predicted molar refractivity (Wildman–Crippen MR) is 259 cm³/mol. The molecule has 13 heteroatoms. The van der Waals surface area contributed by atoms with Gasteiger partial charge in [0, 0.05) is 6.42 Å². The van der Waals surface area contributed by atoms with Crippen LogP contribution in [0.25, 0.3) is 0 Å². The highest BCUT2D eigenvalue weighted by molar-refractivity contribution is 7.80. The van der Waals surface area contributed by atoms with Crippen molar-refractivity contribution >= 4 is 16.3 Å². The lowest BCUT2D eigenvalue weighted by molar-refractivity contribution is -0.298. The number of nitrogens with one attached hydrogen (secondary N) is 1. The van der Waals surface area contributed by atoms with E-state index >= 15 is 0 Å². The van der Waals surface area contributed by atoms with E-state index in [4.69, 9.17) is 9.47 Å². The predicted octanol–water partition coefficient (Wildman–Crippen LogP) is 11.3. The van der Waals surface area contributed by atoms with E-state index in [1.165, 1.54) is 154 Å². The van der Waals surface area contributed by atoms with Gasteiger partial charge in [-0.05, 0) is 38.5 Å². The number of carbonyl (C=O) groups excluding carboxylic acids is 1. The van der Waals surface area contributed by atoms with Crippen molar-refractivity contribution in [1.82, 2.24) is 5.32 Å². The monoisotopic (exact) mass is 932 g/mol. The standard InChI is InChI=1S/C51H97NO11S/c1-3-5-7-9-11-13-15-17-19-21-23-25-27-29-31-33-35-37-39-41-47(55)52-44(43-61-51-49(57)50(63-64(58,59)60)48(56)46(42-53)62-51)45(54)40-38-36-34-32-30-28-26-24-22-20-18-16-14-12-10-8-6-4-2/h11,13,15,17,44-46,48-51,53-54,56-57H,3-10,12,14,16,18-43H2,1-2H3,(H,52,55)(H,58,59,60)/b13-11-,17-15-. The number of aliphatic hydroxyl groups is 4. The lowest BCUT2D eigenvalue weighted by Crippen LogP contribution is -2.61. The van der Waals surface area contributed by atoms with Crippen LogP contribution in [0.15, 0.2) is 24.3 Å². The summed E-state index contributed by atoms with van der Waals surface area (Å²) in [6.07, 6.45) is 40.2. The first-order chi connectivity index (χ1) is 31.0. The van der Waals surface area contributed by atoms with Gasteiger partial charge in [-0.25, -0.2) is 4.18 Å². The fourth-order valence-electron chi connectivity index (χ4n) is 8.45. The maximum Gasteiger partial charge on any atom is 0.397 e. The second-order valence-corrected chi connectivity index (χ2v) is 19.5. The number of ether oxygens (including phenoxy) is 2. The molecule has 0 aromatic carbocycles. The largest absolute Gasteiger partial charge is 0.397 e. The molecule has 0 spiro atoms. The lowest BCUT2D eigenvalue weighted by Gasteiger charge is -2.41. The normalized spacial score (nSPS) is 20.4. The van der Waals surface area contributed by atoms with Gasteiger partial charge in [0.1, 0.15) is 24.4 Å². The molecule has 0 saturated carbocycles. The first kappa shape index (κ1) is 60.6. The average molecular weight is 932 g/mol. The summed E-state index contributed by atoms with van der Waals surface area (Å²) in [5, 5.41) is 45.0. The molecule has 1 fully saturated rings. The van der Waals surface area contributed by atoms with E-state index in [1.807, 2.05) is 0 Å². The van der Waals surface area contributed by atoms with Crippen molar-refractivity contribution < 1.29 is 51.8 Å². The highest BCUT2D eigenvalue weighted by Gasteiger charge is 2.48. The van der Waals surface area contributed by atoms with Crippen molar-refractivity contribution in [2.45, 2.75) is 281 Å². The second-order valence-electron chi connectivity index (χ2n) is 18.5. The molecule has 7 atom stereocenters. The molecule has 0 aromatic rings. The van der Waals surface area contributed by atoms with Crippen LogP contribution in [-0.2, 0) is 28.9 Å². The third-order valence-electron chi connectivity index (χ3n) is 12.5. The molecule has 0 aromatic heterocycles. The summed E-state index contributed by atoms with van der Waals surface area (Å²) >= 11 is 0. The minimum atomic E-state index is -5.08. The molecule has 0 radical (unpaired) electrons. The van der Waals surface area contributed by atoms with Crippen LogP contribution >= 0.6 is 0 Å². The fraction of sp³-hybridized carbons (Fsp3) is 0.902. The number of rotatable bonds is 45. The van der Waals surface area contributed by atoms with Gasteiger partial charge in [-0.3, -0.25) is 9.35 Å². The van der Waals surface area contributed by atoms with Gasteiger partial charge in [-0.2, -0.15) is 8.42 Å². The molecule has 12 nitrogen and oxygen atoms in total. The zero-order valence-corrected chi connectivity index (χ0v) is 41.4. The maximum atomic E-state index is 13.1. The highest BCUT2D eigenvalue weighted by Crippen LogP contribution is 2.26. The topological polar surface area (TPSA) is 192 Å². The Kier molecular flexibility index (Phi) is 39.5. The molecule has 1 rings (SSSR count). The molecule has 0 bridgehead atoms. The Morgan fingerprint density at radius 1 is 0.625 bits per heavy atom. The molecule has 1 amide bonds. The lowest BCUT2D eigenvalue weighted by atomic mass is 9.99. The van der Waals surface area contributed by atoms with Crippen molar-refractivity contribution in [1.29, 1.82) is 0 Å². The number of unbranched alkanes of at least 4 members (excludes halogenated alkanes) is 30. The van der Waals surface area contributed by atoms with Gasteiger partial charge in [-0.1, -0.05) is 218 Å². The summed E-state index contributed by atoms with van der Waals surface area (Å²) in [4.78, 5) is 13.1. The van der Waals surface area contributed by atoms with Gasteiger partial charge in [0.25, 0.3) is 0 Å². The summed E-state index contributed by atoms with van der Waals surface area (Å²) in [7, 11) is -5.08. The summed E-state index contributed by atoms with van der Waals surface area (Å²) in [6.45, 7) is 3.44. The number of hydrogen-bond donors (Lipinski definition) is 6. The first-order valence-corrected chi connectivity index (χ1v) is 27.6. The molecule has 1 aliphatic rings. The molecule has 64 heavy (non-hydrogen) atoms. The Bertz CT molecular complexity index is 1230. The molecule has 0 aliphatic carbocycles. The van der Waals surface area contributed by atoms with Crippen molar-refractivity contribution in [2.75, 3.05) is 13.2 Å². The van der Waals surface area contributed by atoms with Crippen LogP contribution in [0.2, 0.25) is 0 Å². The Hall–Kier alpha value is -1.42. The summed E-state index contributed by atoms with van der Waals surface area (Å²) in [5.74, 6) is -0.232. The minimum Gasteiger partial charge on any atom is -0.394 e. The molecule has 1 aliphatic heterocycles. The van der Waals surface area contributed by atoms with Crippen molar-refractivity contribution in [2.24, 2.45) is 0 Å². The molecule has 1 saturated heterocycles. The van der Waals surface area contributed by atoms with Gasteiger partial charge < -0.3 is 35.2 Å². The summed E-state index contributed by atoms with van der Waals surface area (Å²) < 4.78 is 47.8.